The standard InChI is InChI=1S/C12H21N5O3/c13-6-4-2-1-3-5-11(18)14-7-10-8-17(16-15-10)9-12(19)20/h8H,1-7,9,13H2,(H,14,18)(H,19,20). The first-order valence-corrected chi connectivity index (χ1v) is 6.69. The maximum absolute atomic E-state index is 11.5. The van der Waals surface area contributed by atoms with E-state index < -0.39 is 5.97 Å². The van der Waals surface area contributed by atoms with Crippen LogP contribution in [-0.2, 0) is 22.7 Å². The van der Waals surface area contributed by atoms with Gasteiger partial charge in [0.1, 0.15) is 12.2 Å². The second-order valence-corrected chi connectivity index (χ2v) is 4.53. The van der Waals surface area contributed by atoms with Crippen LogP contribution in [0.25, 0.3) is 0 Å². The van der Waals surface area contributed by atoms with E-state index in [1.807, 2.05) is 0 Å². The Morgan fingerprint density at radius 1 is 1.30 bits per heavy atom. The molecule has 1 aromatic rings. The second kappa shape index (κ2) is 9.03. The topological polar surface area (TPSA) is 123 Å². The second-order valence-electron chi connectivity index (χ2n) is 4.53. The van der Waals surface area contributed by atoms with Crippen LogP contribution in [0.4, 0.5) is 0 Å². The lowest BCUT2D eigenvalue weighted by Crippen LogP contribution is -2.22. The molecule has 0 saturated heterocycles. The quantitative estimate of drug-likeness (QED) is 0.515. The largest absolute Gasteiger partial charge is 0.480 e. The minimum Gasteiger partial charge on any atom is -0.480 e. The van der Waals surface area contributed by atoms with Gasteiger partial charge in [-0.25, -0.2) is 4.68 Å². The maximum Gasteiger partial charge on any atom is 0.325 e. The van der Waals surface area contributed by atoms with E-state index in [1.54, 1.807) is 0 Å². The van der Waals surface area contributed by atoms with E-state index in [1.165, 1.54) is 10.9 Å². The molecule has 0 aliphatic heterocycles. The lowest BCUT2D eigenvalue weighted by atomic mass is 10.1. The Balaban J connectivity index is 2.17. The Labute approximate surface area is 117 Å². The van der Waals surface area contributed by atoms with Gasteiger partial charge in [-0.3, -0.25) is 9.59 Å². The van der Waals surface area contributed by atoms with Gasteiger partial charge in [-0.05, 0) is 19.4 Å². The number of nitrogens with two attached hydrogens (primary N) is 1. The molecular weight excluding hydrogens is 262 g/mol. The average molecular weight is 283 g/mol. The molecule has 0 aromatic carbocycles. The molecule has 4 N–H and O–H groups in total. The van der Waals surface area contributed by atoms with Crippen LogP contribution in [0.1, 0.15) is 37.8 Å². The van der Waals surface area contributed by atoms with E-state index >= 15 is 0 Å². The molecule has 8 heteroatoms. The van der Waals surface area contributed by atoms with Gasteiger partial charge in [-0.2, -0.15) is 0 Å². The van der Waals surface area contributed by atoms with Crippen LogP contribution >= 0.6 is 0 Å². The lowest BCUT2D eigenvalue weighted by molar-refractivity contribution is -0.138. The number of aliphatic carboxylic acids is 1. The molecule has 0 bridgehead atoms. The number of nitrogens with zero attached hydrogens (tertiary/aromatic N) is 3. The first-order valence-electron chi connectivity index (χ1n) is 6.69. The van der Waals surface area contributed by atoms with Crippen molar-refractivity contribution < 1.29 is 14.7 Å². The first-order chi connectivity index (χ1) is 9.61. The number of amides is 1. The third-order valence-electron chi connectivity index (χ3n) is 2.71. The van der Waals surface area contributed by atoms with Crippen molar-refractivity contribution in [1.82, 2.24) is 20.3 Å². The van der Waals surface area contributed by atoms with Crippen molar-refractivity contribution in [2.75, 3.05) is 6.54 Å². The number of carboxylic acid groups (broad SMARTS) is 1. The fourth-order valence-corrected chi connectivity index (χ4v) is 1.70. The maximum atomic E-state index is 11.5. The molecule has 0 saturated carbocycles. The Morgan fingerprint density at radius 3 is 2.75 bits per heavy atom. The third-order valence-corrected chi connectivity index (χ3v) is 2.71. The average Bonchev–Trinajstić information content (AvgIpc) is 2.83. The molecule has 1 rings (SSSR count). The highest BCUT2D eigenvalue weighted by atomic mass is 16.4. The van der Waals surface area contributed by atoms with Crippen LogP contribution in [0.5, 0.6) is 0 Å². The van der Waals surface area contributed by atoms with Crippen molar-refractivity contribution in [3.8, 4) is 0 Å². The van der Waals surface area contributed by atoms with Gasteiger partial charge < -0.3 is 16.2 Å². The fraction of sp³-hybridized carbons (Fsp3) is 0.667. The van der Waals surface area contributed by atoms with Crippen LogP contribution < -0.4 is 11.1 Å². The molecule has 112 valence electrons. The van der Waals surface area contributed by atoms with Gasteiger partial charge in [0, 0.05) is 6.42 Å². The van der Waals surface area contributed by atoms with Crippen LogP contribution in [0, 0.1) is 0 Å². The summed E-state index contributed by atoms with van der Waals surface area (Å²) in [6, 6.07) is 0. The van der Waals surface area contributed by atoms with Gasteiger partial charge in [0.15, 0.2) is 0 Å². The third kappa shape index (κ3) is 6.83. The number of carboxylic acids is 1. The molecule has 8 nitrogen and oxygen atoms in total. The summed E-state index contributed by atoms with van der Waals surface area (Å²) in [5.41, 5.74) is 5.93. The Bertz CT molecular complexity index is 432. The zero-order valence-corrected chi connectivity index (χ0v) is 11.4. The SMILES string of the molecule is NCCCCCCC(=O)NCc1cn(CC(=O)O)nn1. The summed E-state index contributed by atoms with van der Waals surface area (Å²) >= 11 is 0. The number of carbonyl (C=O) groups is 2. The van der Waals surface area contributed by atoms with Crippen molar-refractivity contribution in [1.29, 1.82) is 0 Å². The summed E-state index contributed by atoms with van der Waals surface area (Å²) in [5.74, 6) is -1.02. The minimum absolute atomic E-state index is 0.0365. The van der Waals surface area contributed by atoms with E-state index in [9.17, 15) is 9.59 Å². The highest BCUT2D eigenvalue weighted by Crippen LogP contribution is 2.02. The molecule has 0 radical (unpaired) electrons. The molecular formula is C12H21N5O3. The van der Waals surface area contributed by atoms with Crippen molar-refractivity contribution >= 4 is 11.9 Å². The van der Waals surface area contributed by atoms with Crippen molar-refractivity contribution in [2.24, 2.45) is 5.73 Å². The highest BCUT2D eigenvalue weighted by molar-refractivity contribution is 5.75. The van der Waals surface area contributed by atoms with Gasteiger partial charge in [-0.15, -0.1) is 5.10 Å². The minimum atomic E-state index is -0.983. The summed E-state index contributed by atoms with van der Waals surface area (Å²) in [4.78, 5) is 22.0. The first kappa shape index (κ1) is 16.1. The molecule has 0 fully saturated rings. The van der Waals surface area contributed by atoms with Gasteiger partial charge in [0.2, 0.25) is 5.91 Å². The molecule has 0 spiro atoms. The van der Waals surface area contributed by atoms with Gasteiger partial charge in [0.05, 0.1) is 12.7 Å². The molecule has 1 heterocycles. The molecule has 0 unspecified atom stereocenters. The van der Waals surface area contributed by atoms with Crippen LogP contribution in [0.2, 0.25) is 0 Å². The summed E-state index contributed by atoms with van der Waals surface area (Å²) in [6.45, 7) is 0.724. The fourth-order valence-electron chi connectivity index (χ4n) is 1.70. The van der Waals surface area contributed by atoms with E-state index in [0.29, 0.717) is 18.7 Å². The predicted molar refractivity (Wildman–Crippen MR) is 71.6 cm³/mol. The van der Waals surface area contributed by atoms with Gasteiger partial charge >= 0.3 is 5.97 Å². The molecule has 20 heavy (non-hydrogen) atoms. The monoisotopic (exact) mass is 283 g/mol. The Morgan fingerprint density at radius 2 is 2.05 bits per heavy atom. The van der Waals surface area contributed by atoms with Crippen molar-refractivity contribution in [3.05, 3.63) is 11.9 Å². The van der Waals surface area contributed by atoms with E-state index in [2.05, 4.69) is 15.6 Å². The molecule has 0 aliphatic rings. The number of rotatable bonds is 10. The van der Waals surface area contributed by atoms with Gasteiger partial charge in [0.25, 0.3) is 0 Å². The van der Waals surface area contributed by atoms with Crippen LogP contribution in [-0.4, -0.2) is 38.5 Å². The summed E-state index contributed by atoms with van der Waals surface area (Å²) in [7, 11) is 0. The van der Waals surface area contributed by atoms with Gasteiger partial charge in [-0.1, -0.05) is 18.1 Å². The number of carbonyl (C=O) groups excluding carboxylic acids is 1. The zero-order valence-electron chi connectivity index (χ0n) is 11.4. The normalized spacial score (nSPS) is 10.4. The van der Waals surface area contributed by atoms with Crippen molar-refractivity contribution in [3.63, 3.8) is 0 Å². The van der Waals surface area contributed by atoms with Crippen LogP contribution in [0.15, 0.2) is 6.20 Å². The number of unbranched alkanes of at least 4 members (excludes halogenated alkanes) is 3. The zero-order chi connectivity index (χ0) is 14.8. The van der Waals surface area contributed by atoms with E-state index in [0.717, 1.165) is 25.7 Å². The number of hydrogen-bond donors (Lipinski definition) is 3. The number of nitrogens with one attached hydrogen (secondary N) is 1. The summed E-state index contributed by atoms with van der Waals surface area (Å²) < 4.78 is 1.22. The molecule has 1 amide bonds. The lowest BCUT2D eigenvalue weighted by Gasteiger charge is -2.02. The van der Waals surface area contributed by atoms with E-state index in [-0.39, 0.29) is 19.0 Å². The summed E-state index contributed by atoms with van der Waals surface area (Å²) in [6.07, 6.45) is 5.88. The van der Waals surface area contributed by atoms with E-state index in [4.69, 9.17) is 10.8 Å². The smallest absolute Gasteiger partial charge is 0.325 e. The Kier molecular flexibility index (Phi) is 7.26. The predicted octanol–water partition coefficient (Wildman–Crippen LogP) is -0.112. The molecule has 0 atom stereocenters. The van der Waals surface area contributed by atoms with Crippen molar-refractivity contribution in [2.45, 2.75) is 45.2 Å². The number of hydrogen-bond acceptors (Lipinski definition) is 5. The highest BCUT2D eigenvalue weighted by Gasteiger charge is 2.06. The molecule has 0 aliphatic carbocycles. The number of aromatic nitrogens is 3. The Hall–Kier alpha value is -1.96. The van der Waals surface area contributed by atoms with Crippen LogP contribution in [0.3, 0.4) is 0 Å². The summed E-state index contributed by atoms with van der Waals surface area (Å²) in [5, 5.41) is 18.8. The molecule has 1 aromatic heterocycles.